The molecule has 1 amide bonds. The molecular formula is C9H13N3O. The summed E-state index contributed by atoms with van der Waals surface area (Å²) < 4.78 is 0. The lowest BCUT2D eigenvalue weighted by atomic mass is 10.1. The van der Waals surface area contributed by atoms with Gasteiger partial charge in [0, 0.05) is 12.6 Å². The Bertz CT molecular complexity index is 294. The van der Waals surface area contributed by atoms with Crippen LogP contribution in [0.5, 0.6) is 0 Å². The van der Waals surface area contributed by atoms with Gasteiger partial charge in [0.15, 0.2) is 0 Å². The van der Waals surface area contributed by atoms with E-state index in [1.807, 2.05) is 19.1 Å². The number of carbonyl (C=O) groups is 1. The van der Waals surface area contributed by atoms with Crippen molar-refractivity contribution in [3.8, 4) is 0 Å². The monoisotopic (exact) mass is 179 g/mol. The molecule has 0 radical (unpaired) electrons. The van der Waals surface area contributed by atoms with Gasteiger partial charge in [-0.25, -0.2) is 0 Å². The Morgan fingerprint density at radius 1 is 1.62 bits per heavy atom. The molecule has 0 aromatic carbocycles. The summed E-state index contributed by atoms with van der Waals surface area (Å²) in [7, 11) is 0. The molecule has 1 heterocycles. The Balaban J connectivity index is 2.71. The van der Waals surface area contributed by atoms with Crippen LogP contribution in [0, 0.1) is 6.92 Å². The van der Waals surface area contributed by atoms with Crippen molar-refractivity contribution >= 4 is 5.91 Å². The summed E-state index contributed by atoms with van der Waals surface area (Å²) in [6.45, 7) is 1.94. The van der Waals surface area contributed by atoms with E-state index >= 15 is 0 Å². The molecule has 4 N–H and O–H groups in total. The zero-order valence-electron chi connectivity index (χ0n) is 7.53. The van der Waals surface area contributed by atoms with E-state index in [2.05, 4.69) is 4.98 Å². The van der Waals surface area contributed by atoms with Crippen molar-refractivity contribution in [3.05, 3.63) is 29.6 Å². The van der Waals surface area contributed by atoms with E-state index in [0.29, 0.717) is 5.69 Å². The Morgan fingerprint density at radius 3 is 2.77 bits per heavy atom. The van der Waals surface area contributed by atoms with Gasteiger partial charge >= 0.3 is 0 Å². The van der Waals surface area contributed by atoms with E-state index in [1.165, 1.54) is 0 Å². The van der Waals surface area contributed by atoms with Crippen molar-refractivity contribution in [2.75, 3.05) is 0 Å². The van der Waals surface area contributed by atoms with Crippen LogP contribution < -0.4 is 11.5 Å². The molecule has 1 aromatic rings. The lowest BCUT2D eigenvalue weighted by Gasteiger charge is -2.08. The number of aryl methyl sites for hydroxylation is 1. The molecule has 0 aliphatic rings. The topological polar surface area (TPSA) is 82.0 Å². The minimum atomic E-state index is -0.408. The van der Waals surface area contributed by atoms with Crippen LogP contribution in [0.25, 0.3) is 0 Å². The highest BCUT2D eigenvalue weighted by Gasteiger charge is 2.09. The minimum absolute atomic E-state index is 0.135. The molecule has 0 saturated heterocycles. The highest BCUT2D eigenvalue weighted by atomic mass is 16.1. The Labute approximate surface area is 77.0 Å². The van der Waals surface area contributed by atoms with E-state index in [1.54, 1.807) is 6.20 Å². The SMILES string of the molecule is Cc1ccc([C@@H](N)CC(N)=O)nc1. The average Bonchev–Trinajstić information content (AvgIpc) is 2.04. The van der Waals surface area contributed by atoms with Crippen LogP contribution in [-0.2, 0) is 4.79 Å². The van der Waals surface area contributed by atoms with Crippen LogP contribution in [0.4, 0.5) is 0 Å². The first-order chi connectivity index (χ1) is 6.09. The molecule has 0 spiro atoms. The largest absolute Gasteiger partial charge is 0.370 e. The molecule has 0 unspecified atom stereocenters. The number of primary amides is 1. The third kappa shape index (κ3) is 2.83. The van der Waals surface area contributed by atoms with E-state index in [-0.39, 0.29) is 6.42 Å². The second-order valence-electron chi connectivity index (χ2n) is 3.04. The molecule has 0 bridgehead atoms. The van der Waals surface area contributed by atoms with Gasteiger partial charge in [-0.1, -0.05) is 6.07 Å². The minimum Gasteiger partial charge on any atom is -0.370 e. The zero-order valence-corrected chi connectivity index (χ0v) is 7.53. The molecule has 70 valence electrons. The van der Waals surface area contributed by atoms with Crippen molar-refractivity contribution in [3.63, 3.8) is 0 Å². The van der Waals surface area contributed by atoms with E-state index in [9.17, 15) is 4.79 Å². The summed E-state index contributed by atoms with van der Waals surface area (Å²) in [6, 6.07) is 3.32. The fourth-order valence-corrected chi connectivity index (χ4v) is 1.02. The predicted molar refractivity (Wildman–Crippen MR) is 49.7 cm³/mol. The highest BCUT2D eigenvalue weighted by Crippen LogP contribution is 2.10. The average molecular weight is 179 g/mol. The molecule has 1 aromatic heterocycles. The first-order valence-corrected chi connectivity index (χ1v) is 4.06. The lowest BCUT2D eigenvalue weighted by Crippen LogP contribution is -2.21. The summed E-state index contributed by atoms with van der Waals surface area (Å²) in [5.41, 5.74) is 12.5. The fourth-order valence-electron chi connectivity index (χ4n) is 1.02. The van der Waals surface area contributed by atoms with Gasteiger partial charge in [0.2, 0.25) is 5.91 Å². The first kappa shape index (κ1) is 9.67. The van der Waals surface area contributed by atoms with E-state index in [0.717, 1.165) is 5.56 Å². The van der Waals surface area contributed by atoms with E-state index in [4.69, 9.17) is 11.5 Å². The maximum atomic E-state index is 10.6. The Morgan fingerprint density at radius 2 is 2.31 bits per heavy atom. The molecule has 13 heavy (non-hydrogen) atoms. The number of nitrogens with two attached hydrogens (primary N) is 2. The number of pyridine rings is 1. The Hall–Kier alpha value is -1.42. The van der Waals surface area contributed by atoms with Crippen LogP contribution in [0.2, 0.25) is 0 Å². The van der Waals surface area contributed by atoms with E-state index < -0.39 is 11.9 Å². The second kappa shape index (κ2) is 4.00. The third-order valence-corrected chi connectivity index (χ3v) is 1.74. The van der Waals surface area contributed by atoms with Crippen LogP contribution in [-0.4, -0.2) is 10.9 Å². The number of hydrogen-bond donors (Lipinski definition) is 2. The molecule has 0 fully saturated rings. The van der Waals surface area contributed by atoms with Crippen molar-refractivity contribution in [2.45, 2.75) is 19.4 Å². The molecule has 1 rings (SSSR count). The molecule has 0 aliphatic heterocycles. The molecule has 4 heteroatoms. The molecule has 0 saturated carbocycles. The summed E-state index contributed by atoms with van der Waals surface area (Å²) in [5.74, 6) is -0.408. The maximum absolute atomic E-state index is 10.6. The van der Waals surface area contributed by atoms with Crippen molar-refractivity contribution in [2.24, 2.45) is 11.5 Å². The number of amides is 1. The smallest absolute Gasteiger partial charge is 0.219 e. The quantitative estimate of drug-likeness (QED) is 0.698. The van der Waals surface area contributed by atoms with Gasteiger partial charge in [-0.15, -0.1) is 0 Å². The van der Waals surface area contributed by atoms with Crippen molar-refractivity contribution < 1.29 is 4.79 Å². The number of hydrogen-bond acceptors (Lipinski definition) is 3. The standard InChI is InChI=1S/C9H13N3O/c1-6-2-3-8(12-5-6)7(10)4-9(11)13/h2-3,5,7H,4,10H2,1H3,(H2,11,13)/t7-/m0/s1. The van der Waals surface area contributed by atoms with Gasteiger partial charge in [-0.2, -0.15) is 0 Å². The molecule has 1 atom stereocenters. The first-order valence-electron chi connectivity index (χ1n) is 4.06. The van der Waals surface area contributed by atoms with Gasteiger partial charge in [0.1, 0.15) is 0 Å². The van der Waals surface area contributed by atoms with Crippen molar-refractivity contribution in [1.29, 1.82) is 0 Å². The molecular weight excluding hydrogens is 166 g/mol. The summed E-state index contributed by atoms with van der Waals surface area (Å²) in [6.07, 6.45) is 1.85. The molecule has 4 nitrogen and oxygen atoms in total. The summed E-state index contributed by atoms with van der Waals surface area (Å²) >= 11 is 0. The predicted octanol–water partition coefficient (Wildman–Crippen LogP) is 0.265. The van der Waals surface area contributed by atoms with Gasteiger partial charge in [0.25, 0.3) is 0 Å². The second-order valence-corrected chi connectivity index (χ2v) is 3.04. The zero-order chi connectivity index (χ0) is 9.84. The van der Waals surface area contributed by atoms with Gasteiger partial charge in [-0.3, -0.25) is 9.78 Å². The number of aromatic nitrogens is 1. The van der Waals surface area contributed by atoms with Crippen molar-refractivity contribution in [1.82, 2.24) is 4.98 Å². The fraction of sp³-hybridized carbons (Fsp3) is 0.333. The lowest BCUT2D eigenvalue weighted by molar-refractivity contribution is -0.118. The normalized spacial score (nSPS) is 12.5. The molecule has 0 aliphatic carbocycles. The van der Waals surface area contributed by atoms with Crippen LogP contribution in [0.1, 0.15) is 23.7 Å². The van der Waals surface area contributed by atoms with Gasteiger partial charge < -0.3 is 11.5 Å². The Kier molecular flexibility index (Phi) is 2.97. The maximum Gasteiger partial charge on any atom is 0.219 e. The van der Waals surface area contributed by atoms with Crippen LogP contribution in [0.15, 0.2) is 18.3 Å². The third-order valence-electron chi connectivity index (χ3n) is 1.74. The number of carbonyl (C=O) groups excluding carboxylic acids is 1. The highest BCUT2D eigenvalue weighted by molar-refractivity contribution is 5.74. The van der Waals surface area contributed by atoms with Crippen LogP contribution in [0.3, 0.4) is 0 Å². The van der Waals surface area contributed by atoms with Gasteiger partial charge in [0.05, 0.1) is 11.7 Å². The number of rotatable bonds is 3. The summed E-state index contributed by atoms with van der Waals surface area (Å²) in [5, 5.41) is 0. The van der Waals surface area contributed by atoms with Gasteiger partial charge in [-0.05, 0) is 18.6 Å². The summed E-state index contributed by atoms with van der Waals surface area (Å²) in [4.78, 5) is 14.7. The number of nitrogens with zero attached hydrogens (tertiary/aromatic N) is 1. The van der Waals surface area contributed by atoms with Crippen LogP contribution >= 0.6 is 0 Å².